The molecule has 3 N–H and O–H groups in total. The van der Waals surface area contributed by atoms with E-state index in [9.17, 15) is 38.9 Å². The number of rotatable bonds is 9. The first-order valence-corrected chi connectivity index (χ1v) is 17.8. The van der Waals surface area contributed by atoms with E-state index in [1.54, 1.807) is 0 Å². The fourth-order valence-electron chi connectivity index (χ4n) is 3.80. The molecule has 4 aromatic rings. The second kappa shape index (κ2) is 13.3. The Kier molecular flexibility index (Phi) is 10.6. The van der Waals surface area contributed by atoms with E-state index in [-0.39, 0.29) is 0 Å². The van der Waals surface area contributed by atoms with Crippen molar-refractivity contribution in [3.8, 4) is 0 Å². The van der Waals surface area contributed by atoms with Crippen LogP contribution in [0.3, 0.4) is 0 Å². The number of aromatic nitrogens is 2. The molecule has 0 bridgehead atoms. The highest BCUT2D eigenvalue weighted by atomic mass is 32.2. The minimum absolute atomic E-state index is 0.298. The van der Waals surface area contributed by atoms with Crippen molar-refractivity contribution in [2.75, 3.05) is 0 Å². The van der Waals surface area contributed by atoms with Gasteiger partial charge >= 0.3 is 0 Å². The first-order chi connectivity index (χ1) is 19.1. The zero-order chi connectivity index (χ0) is 30.4. The van der Waals surface area contributed by atoms with Crippen molar-refractivity contribution < 1.29 is 43.5 Å². The van der Waals surface area contributed by atoms with Crippen LogP contribution in [0.1, 0.15) is 25.6 Å². The number of hydrogen-bond acceptors (Lipinski definition) is 7. The summed E-state index contributed by atoms with van der Waals surface area (Å²) in [5.74, 6) is 1.24. The molecule has 1 heterocycles. The smallest absolute Gasteiger partial charge is 0.294 e. The lowest BCUT2D eigenvalue weighted by Crippen LogP contribution is -2.34. The van der Waals surface area contributed by atoms with Gasteiger partial charge in [-0.25, -0.2) is 18.0 Å². The van der Waals surface area contributed by atoms with Gasteiger partial charge < -0.3 is 4.55 Å². The van der Waals surface area contributed by atoms with Crippen LogP contribution in [0.25, 0.3) is 0 Å². The Morgan fingerprint density at radius 1 is 0.780 bits per heavy atom. The monoisotopic (exact) mass is 640 g/mol. The molecule has 0 saturated heterocycles. The highest BCUT2D eigenvalue weighted by Gasteiger charge is 2.22. The van der Waals surface area contributed by atoms with Crippen molar-refractivity contribution in [2.45, 2.75) is 47.9 Å². The van der Waals surface area contributed by atoms with Gasteiger partial charge in [-0.2, -0.15) is 16.8 Å². The molecule has 0 aliphatic carbocycles. The number of nitrogens with one attached hydrogen (secondary N) is 1. The maximum atomic E-state index is 11.6. The topological polar surface area (TPSA) is 186 Å². The molecule has 11 nitrogen and oxygen atoms in total. The van der Waals surface area contributed by atoms with Crippen LogP contribution in [-0.4, -0.2) is 43.9 Å². The summed E-state index contributed by atoms with van der Waals surface area (Å²) in [6.07, 6.45) is 6.59. The first-order valence-electron chi connectivity index (χ1n) is 12.2. The predicted octanol–water partition coefficient (Wildman–Crippen LogP) is 2.25. The number of aryl methyl sites for hydroxylation is 2. The number of aromatic amines is 1. The van der Waals surface area contributed by atoms with Gasteiger partial charge in [0.1, 0.15) is 22.5 Å². The van der Waals surface area contributed by atoms with E-state index in [1.807, 2.05) is 6.20 Å². The van der Waals surface area contributed by atoms with Crippen molar-refractivity contribution in [3.05, 3.63) is 91.0 Å². The Bertz CT molecular complexity index is 1660. The Morgan fingerprint density at radius 2 is 1.22 bits per heavy atom. The number of unbranched alkanes of at least 4 members (excludes halogenated alkanes) is 1. The highest BCUT2D eigenvalue weighted by molar-refractivity contribution is 7.86. The number of nitrogens with zero attached hydrogens (tertiary/aromatic N) is 1. The van der Waals surface area contributed by atoms with Crippen LogP contribution in [0.15, 0.2) is 99.9 Å². The third-order valence-electron chi connectivity index (χ3n) is 5.84. The molecular formula is C26H29N2O9PS3. The quantitative estimate of drug-likeness (QED) is 0.140. The van der Waals surface area contributed by atoms with E-state index in [0.29, 0.717) is 15.9 Å². The van der Waals surface area contributed by atoms with E-state index in [2.05, 4.69) is 29.6 Å². The summed E-state index contributed by atoms with van der Waals surface area (Å²) in [6, 6.07) is 15.4. The minimum atomic E-state index is -4.80. The van der Waals surface area contributed by atoms with Crippen LogP contribution in [0.5, 0.6) is 0 Å². The van der Waals surface area contributed by atoms with Gasteiger partial charge in [-0.3, -0.25) is 9.11 Å². The lowest BCUT2D eigenvalue weighted by atomic mass is 10.3. The van der Waals surface area contributed by atoms with E-state index < -0.39 is 53.0 Å². The lowest BCUT2D eigenvalue weighted by Gasteiger charge is -2.21. The molecule has 0 radical (unpaired) electrons. The van der Waals surface area contributed by atoms with Crippen molar-refractivity contribution in [1.29, 1.82) is 0 Å². The van der Waals surface area contributed by atoms with Crippen LogP contribution in [-0.2, 0) is 36.9 Å². The second-order valence-electron chi connectivity index (χ2n) is 8.82. The van der Waals surface area contributed by atoms with Crippen LogP contribution in [0.2, 0.25) is 0 Å². The standard InChI is InChI=1S/C18H15O9PS3.C8H14N2/c19-29(20,21)16-7-1-4-13(10-16)28(14-5-2-8-17(11-14)30(22,23)24)15-6-3-9-18(12-15)31(25,26)27;1-3-4-6-10-7-5-9-8(10)2/h1-12H,(H,19,20,21)(H,22,23,24)(H,25,26,27);5,7H,3-4,6H2,1-2H3. The van der Waals surface area contributed by atoms with Crippen molar-refractivity contribution >= 4 is 54.2 Å². The Morgan fingerprint density at radius 3 is 1.59 bits per heavy atom. The summed E-state index contributed by atoms with van der Waals surface area (Å²) in [5.41, 5.74) is 0. The van der Waals surface area contributed by atoms with E-state index in [4.69, 9.17) is 0 Å². The van der Waals surface area contributed by atoms with Gasteiger partial charge in [0.25, 0.3) is 26.1 Å². The molecule has 0 atom stereocenters. The highest BCUT2D eigenvalue weighted by Crippen LogP contribution is 2.34. The van der Waals surface area contributed by atoms with Gasteiger partial charge in [-0.05, 0) is 66.7 Å². The molecule has 4 rings (SSSR count). The van der Waals surface area contributed by atoms with Crippen LogP contribution in [0.4, 0.5) is 0 Å². The molecule has 0 amide bonds. The lowest BCUT2D eigenvalue weighted by molar-refractivity contribution is -0.701. The molecule has 0 fully saturated rings. The molecule has 41 heavy (non-hydrogen) atoms. The summed E-state index contributed by atoms with van der Waals surface area (Å²) in [7, 11) is -15.7. The molecule has 220 valence electrons. The Hall–Kier alpha value is -2.97. The molecule has 1 aromatic heterocycles. The van der Waals surface area contributed by atoms with Gasteiger partial charge in [0.05, 0.1) is 21.2 Å². The van der Waals surface area contributed by atoms with E-state index in [1.165, 1.54) is 67.2 Å². The minimum Gasteiger partial charge on any atom is -0.744 e. The summed E-state index contributed by atoms with van der Waals surface area (Å²) in [4.78, 5) is 1.78. The molecule has 0 aliphatic heterocycles. The summed E-state index contributed by atoms with van der Waals surface area (Å²) in [6.45, 7) is 5.45. The number of imidazole rings is 1. The Labute approximate surface area is 240 Å². The van der Waals surface area contributed by atoms with Crippen molar-refractivity contribution in [3.63, 3.8) is 0 Å². The molecule has 3 aromatic carbocycles. The SMILES string of the molecule is CCCC[n+]1cc[nH]c1C.O=S(=O)([O-])c1cccc(P(c2cccc(S(=O)(=O)O)c2)c2cccc(S(=O)(=O)O)c2)c1. The fraction of sp³-hybridized carbons (Fsp3) is 0.192. The van der Waals surface area contributed by atoms with E-state index >= 15 is 0 Å². The zero-order valence-electron chi connectivity index (χ0n) is 22.1. The largest absolute Gasteiger partial charge is 0.744 e. The molecule has 0 unspecified atom stereocenters. The third kappa shape index (κ3) is 9.01. The molecular weight excluding hydrogens is 611 g/mol. The van der Waals surface area contributed by atoms with Crippen molar-refractivity contribution in [1.82, 2.24) is 4.98 Å². The number of H-pyrrole nitrogens is 1. The molecule has 15 heteroatoms. The summed E-state index contributed by atoms with van der Waals surface area (Å²) in [5, 5.41) is 0.933. The van der Waals surface area contributed by atoms with Gasteiger partial charge in [-0.15, -0.1) is 0 Å². The molecule has 0 aliphatic rings. The van der Waals surface area contributed by atoms with Crippen LogP contribution >= 0.6 is 7.92 Å². The average molecular weight is 641 g/mol. The van der Waals surface area contributed by atoms with Crippen molar-refractivity contribution in [2.24, 2.45) is 0 Å². The Balaban J connectivity index is 0.000000389. The van der Waals surface area contributed by atoms with Crippen LogP contribution in [0, 0.1) is 6.92 Å². The normalized spacial score (nSPS) is 12.1. The maximum Gasteiger partial charge on any atom is 0.294 e. The van der Waals surface area contributed by atoms with Gasteiger partial charge in [0.15, 0.2) is 0 Å². The first kappa shape index (κ1) is 32.5. The van der Waals surface area contributed by atoms with Gasteiger partial charge in [0, 0.05) is 6.92 Å². The third-order valence-corrected chi connectivity index (χ3v) is 10.8. The molecule has 0 spiro atoms. The number of hydrogen-bond donors (Lipinski definition) is 3. The maximum absolute atomic E-state index is 11.6. The fourth-order valence-corrected chi connectivity index (χ4v) is 8.04. The summed E-state index contributed by atoms with van der Waals surface area (Å²) < 4.78 is 102. The van der Waals surface area contributed by atoms with Gasteiger partial charge in [0.2, 0.25) is 0 Å². The molecule has 0 saturated carbocycles. The van der Waals surface area contributed by atoms with Gasteiger partial charge in [-0.1, -0.05) is 49.7 Å². The second-order valence-corrected chi connectivity index (χ2v) is 15.3. The average Bonchev–Trinajstić information content (AvgIpc) is 3.31. The predicted molar refractivity (Wildman–Crippen MR) is 153 cm³/mol. The summed E-state index contributed by atoms with van der Waals surface area (Å²) >= 11 is 0. The number of benzene rings is 3. The van der Waals surface area contributed by atoms with E-state index in [0.717, 1.165) is 30.8 Å². The zero-order valence-corrected chi connectivity index (χ0v) is 25.4. The van der Waals surface area contributed by atoms with Crippen LogP contribution < -0.4 is 20.5 Å².